The summed E-state index contributed by atoms with van der Waals surface area (Å²) in [5.74, 6) is -1.54. The van der Waals surface area contributed by atoms with Gasteiger partial charge in [0.25, 0.3) is 12.3 Å². The molecule has 2 saturated heterocycles. The van der Waals surface area contributed by atoms with Crippen LogP contribution in [0.1, 0.15) is 42.9 Å². The number of methoxy groups -OCH3 is 1. The van der Waals surface area contributed by atoms with Crippen LogP contribution in [0, 0.1) is 0 Å². The van der Waals surface area contributed by atoms with Crippen LogP contribution in [0.4, 0.5) is 22.0 Å². The van der Waals surface area contributed by atoms with E-state index in [4.69, 9.17) is 15.2 Å². The van der Waals surface area contributed by atoms with E-state index in [0.29, 0.717) is 63.4 Å². The first-order chi connectivity index (χ1) is 19.9. The Morgan fingerprint density at radius 1 is 1.17 bits per heavy atom. The van der Waals surface area contributed by atoms with Gasteiger partial charge in [-0.05, 0) is 55.9 Å². The maximum atomic E-state index is 13.7. The molecule has 3 aliphatic heterocycles. The number of carbonyl (C=O) groups is 1. The average molecular weight is 600 g/mol. The minimum atomic E-state index is -4.48. The number of piperidine rings is 1. The summed E-state index contributed by atoms with van der Waals surface area (Å²) in [6.45, 7) is 8.06. The van der Waals surface area contributed by atoms with E-state index in [1.54, 1.807) is 23.8 Å². The molecule has 2 atom stereocenters. The Kier molecular flexibility index (Phi) is 10.3. The third-order valence-corrected chi connectivity index (χ3v) is 8.22. The Labute approximate surface area is 242 Å². The van der Waals surface area contributed by atoms with Crippen molar-refractivity contribution < 1.29 is 36.2 Å². The second kappa shape index (κ2) is 13.5. The molecule has 0 aliphatic carbocycles. The zero-order valence-electron chi connectivity index (χ0n) is 23.9. The van der Waals surface area contributed by atoms with Gasteiger partial charge < -0.3 is 30.3 Å². The number of allylic oxidation sites excluding steroid dienone is 1. The van der Waals surface area contributed by atoms with Gasteiger partial charge in [0, 0.05) is 63.2 Å². The van der Waals surface area contributed by atoms with Crippen LogP contribution in [-0.2, 0) is 33.4 Å². The molecule has 8 nitrogen and oxygen atoms in total. The molecule has 0 spiro atoms. The summed E-state index contributed by atoms with van der Waals surface area (Å²) in [7, 11) is 1.65. The van der Waals surface area contributed by atoms with Gasteiger partial charge in [-0.3, -0.25) is 4.79 Å². The fourth-order valence-electron chi connectivity index (χ4n) is 5.64. The number of aliphatic imine (C=N–C) groups is 1. The number of nitrogens with one attached hydrogen (secondary N) is 1. The summed E-state index contributed by atoms with van der Waals surface area (Å²) in [6, 6.07) is 3.92. The molecule has 4 rings (SSSR count). The molecule has 232 valence electrons. The number of ether oxygens (including phenoxy) is 2. The summed E-state index contributed by atoms with van der Waals surface area (Å²) in [5, 5.41) is 3.61. The van der Waals surface area contributed by atoms with Crippen molar-refractivity contribution in [3.05, 3.63) is 58.4 Å². The molecule has 0 bridgehead atoms. The molecule has 42 heavy (non-hydrogen) atoms. The summed E-state index contributed by atoms with van der Waals surface area (Å²) < 4.78 is 77.7. The van der Waals surface area contributed by atoms with E-state index < -0.39 is 29.9 Å². The Bertz CT molecular complexity index is 1210. The highest BCUT2D eigenvalue weighted by atomic mass is 19.4. The van der Waals surface area contributed by atoms with Crippen molar-refractivity contribution >= 4 is 11.7 Å². The van der Waals surface area contributed by atoms with E-state index in [-0.39, 0.29) is 36.0 Å². The molecule has 0 unspecified atom stereocenters. The lowest BCUT2D eigenvalue weighted by atomic mass is 9.96. The number of amidine groups is 1. The zero-order chi connectivity index (χ0) is 30.6. The summed E-state index contributed by atoms with van der Waals surface area (Å²) >= 11 is 0. The molecule has 13 heteroatoms. The lowest BCUT2D eigenvalue weighted by Crippen LogP contribution is -2.54. The summed E-state index contributed by atoms with van der Waals surface area (Å²) in [4.78, 5) is 20.8. The minimum Gasteiger partial charge on any atom is -0.382 e. The van der Waals surface area contributed by atoms with E-state index in [9.17, 15) is 26.7 Å². The number of benzene rings is 1. The average Bonchev–Trinajstić information content (AvgIpc) is 2.98. The van der Waals surface area contributed by atoms with Crippen LogP contribution in [0.25, 0.3) is 0 Å². The molecule has 1 aromatic carbocycles. The lowest BCUT2D eigenvalue weighted by molar-refractivity contribution is -0.137. The molecule has 1 aromatic rings. The van der Waals surface area contributed by atoms with E-state index >= 15 is 0 Å². The number of hydrogen-bond donors (Lipinski definition) is 2. The van der Waals surface area contributed by atoms with Crippen LogP contribution >= 0.6 is 0 Å². The molecule has 1 amide bonds. The highest BCUT2D eigenvalue weighted by Crippen LogP contribution is 2.33. The number of amides is 1. The number of hydrogen-bond acceptors (Lipinski definition) is 6. The smallest absolute Gasteiger partial charge is 0.382 e. The standard InChI is InChI=1S/C29H38F5N5O3/c1-17(18(2)39-10-6-19-4-5-21(29(32,33)34)14-20(19)15-39)25(37-27(35)26(30)31)28(40)38-11-7-22(8-12-38)36-23-9-13-42-16-24(23)41-3/h4-5,14,22-24,26,36H,2,6-13,15-16H2,1,3H3,(H2,35,37)/b25-17-/t23-,24+/m1/s1. The number of halogens is 5. The first-order valence-corrected chi connectivity index (χ1v) is 14.0. The van der Waals surface area contributed by atoms with Gasteiger partial charge in [0.15, 0.2) is 5.84 Å². The maximum absolute atomic E-state index is 13.7. The molecule has 0 aromatic heterocycles. The van der Waals surface area contributed by atoms with Crippen molar-refractivity contribution in [2.75, 3.05) is 40.0 Å². The number of rotatable bonds is 8. The van der Waals surface area contributed by atoms with Crippen LogP contribution in [0.3, 0.4) is 0 Å². The van der Waals surface area contributed by atoms with Crippen LogP contribution in [0.15, 0.2) is 46.7 Å². The van der Waals surface area contributed by atoms with Gasteiger partial charge in [0.2, 0.25) is 0 Å². The summed E-state index contributed by atoms with van der Waals surface area (Å²) in [5.41, 5.74) is 6.32. The van der Waals surface area contributed by atoms with Crippen LogP contribution in [0.2, 0.25) is 0 Å². The second-order valence-electron chi connectivity index (χ2n) is 10.9. The SMILES string of the molecule is C=C(/C(C)=C(\N=C(N)C(F)F)C(=O)N1CCC(N[C@@H]2CCOC[C@@H]2OC)CC1)N1CCc2ccc(C(F)(F)F)cc2C1. The zero-order valence-corrected chi connectivity index (χ0v) is 23.9. The number of likely N-dealkylation sites (tertiary alicyclic amines) is 1. The third kappa shape index (κ3) is 7.48. The van der Waals surface area contributed by atoms with Crippen molar-refractivity contribution in [1.29, 1.82) is 0 Å². The van der Waals surface area contributed by atoms with Crippen molar-refractivity contribution in [3.8, 4) is 0 Å². The lowest BCUT2D eigenvalue weighted by Gasteiger charge is -2.38. The van der Waals surface area contributed by atoms with Gasteiger partial charge >= 0.3 is 6.18 Å². The molecule has 3 aliphatic rings. The van der Waals surface area contributed by atoms with Gasteiger partial charge in [-0.15, -0.1) is 0 Å². The van der Waals surface area contributed by atoms with Crippen LogP contribution in [-0.4, -0.2) is 86.1 Å². The normalized spacial score (nSPS) is 23.1. The largest absolute Gasteiger partial charge is 0.416 e. The highest BCUT2D eigenvalue weighted by molar-refractivity contribution is 5.98. The minimum absolute atomic E-state index is 0.0601. The first kappa shape index (κ1) is 31.9. The van der Waals surface area contributed by atoms with Crippen molar-refractivity contribution in [2.24, 2.45) is 10.7 Å². The quantitative estimate of drug-likeness (QED) is 0.155. The fourth-order valence-corrected chi connectivity index (χ4v) is 5.64. The molecule has 3 heterocycles. The number of fused-ring (bicyclic) bond motifs is 1. The van der Waals surface area contributed by atoms with E-state index in [1.165, 1.54) is 6.07 Å². The molecular weight excluding hydrogens is 561 g/mol. The Balaban J connectivity index is 1.50. The van der Waals surface area contributed by atoms with Gasteiger partial charge in [-0.2, -0.15) is 13.2 Å². The Morgan fingerprint density at radius 3 is 2.52 bits per heavy atom. The number of nitrogens with two attached hydrogens (primary N) is 1. The second-order valence-corrected chi connectivity index (χ2v) is 10.9. The highest BCUT2D eigenvalue weighted by Gasteiger charge is 2.34. The van der Waals surface area contributed by atoms with Crippen LogP contribution in [0.5, 0.6) is 0 Å². The van der Waals surface area contributed by atoms with E-state index in [1.807, 2.05) is 0 Å². The topological polar surface area (TPSA) is 92.4 Å². The Hall–Kier alpha value is -3.03. The third-order valence-electron chi connectivity index (χ3n) is 8.22. The first-order valence-electron chi connectivity index (χ1n) is 14.0. The van der Waals surface area contributed by atoms with Gasteiger partial charge in [-0.1, -0.05) is 12.6 Å². The van der Waals surface area contributed by atoms with Crippen molar-refractivity contribution in [3.63, 3.8) is 0 Å². The summed E-state index contributed by atoms with van der Waals surface area (Å²) in [6.07, 6.45) is -5.05. The van der Waals surface area contributed by atoms with E-state index in [2.05, 4.69) is 16.9 Å². The Morgan fingerprint density at radius 2 is 1.88 bits per heavy atom. The molecule has 2 fully saturated rings. The number of carbonyl (C=O) groups excluding carboxylic acids is 1. The maximum Gasteiger partial charge on any atom is 0.416 e. The fraction of sp³-hybridized carbons (Fsp3) is 0.586. The van der Waals surface area contributed by atoms with Gasteiger partial charge in [0.1, 0.15) is 5.70 Å². The van der Waals surface area contributed by atoms with E-state index in [0.717, 1.165) is 24.1 Å². The predicted molar refractivity (Wildman–Crippen MR) is 148 cm³/mol. The van der Waals surface area contributed by atoms with Crippen molar-refractivity contribution in [2.45, 2.75) is 69.9 Å². The molecule has 0 radical (unpaired) electrons. The van der Waals surface area contributed by atoms with Crippen LogP contribution < -0.4 is 11.1 Å². The number of alkyl halides is 5. The monoisotopic (exact) mass is 599 g/mol. The molecule has 3 N–H and O–H groups in total. The molecule has 0 saturated carbocycles. The molecular formula is C29H38F5N5O3. The van der Waals surface area contributed by atoms with Crippen molar-refractivity contribution in [1.82, 2.24) is 15.1 Å². The predicted octanol–water partition coefficient (Wildman–Crippen LogP) is 3.86. The van der Waals surface area contributed by atoms with Gasteiger partial charge in [0.05, 0.1) is 18.3 Å². The van der Waals surface area contributed by atoms with Gasteiger partial charge in [-0.25, -0.2) is 13.8 Å². The number of nitrogens with zero attached hydrogens (tertiary/aromatic N) is 3.